The van der Waals surface area contributed by atoms with Gasteiger partial charge < -0.3 is 15.4 Å². The van der Waals surface area contributed by atoms with Gasteiger partial charge in [-0.3, -0.25) is 4.79 Å². The summed E-state index contributed by atoms with van der Waals surface area (Å²) in [5.41, 5.74) is -0.160. The van der Waals surface area contributed by atoms with Gasteiger partial charge in [0.1, 0.15) is 5.57 Å². The Labute approximate surface area is 205 Å². The molecule has 0 saturated heterocycles. The van der Waals surface area contributed by atoms with Gasteiger partial charge in [-0.1, -0.05) is 6.07 Å². The van der Waals surface area contributed by atoms with Crippen molar-refractivity contribution in [2.24, 2.45) is 0 Å². The van der Waals surface area contributed by atoms with Crippen molar-refractivity contribution in [1.29, 1.82) is 5.26 Å². The number of nitrogens with one attached hydrogen (secondary N) is 2. The Morgan fingerprint density at radius 3 is 2.44 bits per heavy atom. The molecule has 0 aliphatic heterocycles. The molecule has 0 unspecified atom stereocenters. The van der Waals surface area contributed by atoms with E-state index in [2.05, 4.69) is 15.7 Å². The molecule has 0 aliphatic carbocycles. The van der Waals surface area contributed by atoms with Crippen LogP contribution in [0.15, 0.2) is 66.4 Å². The number of aromatic nitrogens is 2. The molecule has 0 radical (unpaired) electrons. The van der Waals surface area contributed by atoms with Gasteiger partial charge in [0.15, 0.2) is 0 Å². The van der Waals surface area contributed by atoms with Crippen LogP contribution in [-0.2, 0) is 20.5 Å². The number of esters is 1. The predicted molar refractivity (Wildman–Crippen MR) is 126 cm³/mol. The van der Waals surface area contributed by atoms with Crippen LogP contribution in [0.2, 0.25) is 0 Å². The first-order chi connectivity index (χ1) is 17.2. The summed E-state index contributed by atoms with van der Waals surface area (Å²) in [4.78, 5) is 26.2. The number of amides is 1. The quantitative estimate of drug-likeness (QED) is 0.208. The molecule has 0 spiro atoms. The normalized spacial score (nSPS) is 11.8. The average Bonchev–Trinajstić information content (AvgIpc) is 3.33. The summed E-state index contributed by atoms with van der Waals surface area (Å²) in [6.07, 6.45) is -3.15. The van der Waals surface area contributed by atoms with Gasteiger partial charge in [-0.15, -0.1) is 0 Å². The molecule has 1 heterocycles. The first-order valence-electron chi connectivity index (χ1n) is 10.9. The van der Waals surface area contributed by atoms with Crippen molar-refractivity contribution in [3.63, 3.8) is 0 Å². The first-order valence-corrected chi connectivity index (χ1v) is 10.9. The van der Waals surface area contributed by atoms with Gasteiger partial charge in [-0.2, -0.15) is 23.5 Å². The summed E-state index contributed by atoms with van der Waals surface area (Å²) in [5.74, 6) is -1.93. The van der Waals surface area contributed by atoms with Crippen LogP contribution in [-0.4, -0.2) is 34.8 Å². The number of nitriles is 1. The third-order valence-electron chi connectivity index (χ3n) is 4.90. The number of carbonyl (C=O) groups excluding carboxylic acids is 2. The van der Waals surface area contributed by atoms with Gasteiger partial charge in [-0.25, -0.2) is 9.48 Å². The third kappa shape index (κ3) is 5.90. The number of hydrogen-bond acceptors (Lipinski definition) is 6. The van der Waals surface area contributed by atoms with E-state index in [0.29, 0.717) is 23.5 Å². The Morgan fingerprint density at radius 1 is 1.11 bits per heavy atom. The highest BCUT2D eigenvalue weighted by Crippen LogP contribution is 2.31. The van der Waals surface area contributed by atoms with Crippen LogP contribution in [0.1, 0.15) is 30.7 Å². The molecule has 2 aromatic carbocycles. The number of rotatable bonds is 8. The average molecular weight is 497 g/mol. The summed E-state index contributed by atoms with van der Waals surface area (Å²) >= 11 is 0. The van der Waals surface area contributed by atoms with Crippen LogP contribution in [0, 0.1) is 11.3 Å². The number of carbonyl (C=O) groups is 2. The van der Waals surface area contributed by atoms with Crippen molar-refractivity contribution in [2.75, 3.05) is 18.5 Å². The molecule has 11 heteroatoms. The smallest absolute Gasteiger partial charge is 0.416 e. The van der Waals surface area contributed by atoms with Gasteiger partial charge in [0.05, 0.1) is 47.1 Å². The Balaban J connectivity index is 2.12. The number of benzene rings is 2. The van der Waals surface area contributed by atoms with Crippen molar-refractivity contribution >= 4 is 23.3 Å². The van der Waals surface area contributed by atoms with Crippen LogP contribution in [0.5, 0.6) is 0 Å². The van der Waals surface area contributed by atoms with Crippen LogP contribution >= 0.6 is 0 Å². The van der Waals surface area contributed by atoms with E-state index in [1.807, 2.05) is 6.07 Å². The molecule has 186 valence electrons. The van der Waals surface area contributed by atoms with E-state index in [1.165, 1.54) is 16.9 Å². The zero-order chi connectivity index (χ0) is 26.3. The van der Waals surface area contributed by atoms with E-state index in [-0.39, 0.29) is 18.0 Å². The third-order valence-corrected chi connectivity index (χ3v) is 4.90. The molecule has 0 bridgehead atoms. The van der Waals surface area contributed by atoms with E-state index in [4.69, 9.17) is 10.00 Å². The molecule has 3 rings (SSSR count). The van der Waals surface area contributed by atoms with E-state index < -0.39 is 29.2 Å². The second kappa shape index (κ2) is 11.2. The lowest BCUT2D eigenvalue weighted by Gasteiger charge is -2.17. The minimum absolute atomic E-state index is 0.0343. The monoisotopic (exact) mass is 497 g/mol. The van der Waals surface area contributed by atoms with Crippen molar-refractivity contribution in [3.05, 3.63) is 83.2 Å². The topological polar surface area (TPSA) is 109 Å². The largest absolute Gasteiger partial charge is 0.462 e. The zero-order valence-corrected chi connectivity index (χ0v) is 19.4. The molecular weight excluding hydrogens is 475 g/mol. The Morgan fingerprint density at radius 2 is 1.83 bits per heavy atom. The lowest BCUT2D eigenvalue weighted by molar-refractivity contribution is -0.140. The molecule has 36 heavy (non-hydrogen) atoms. The van der Waals surface area contributed by atoms with Gasteiger partial charge in [0.25, 0.3) is 5.91 Å². The molecule has 1 amide bonds. The minimum atomic E-state index is -4.61. The number of halogens is 3. The van der Waals surface area contributed by atoms with Crippen LogP contribution < -0.4 is 10.6 Å². The molecule has 1 aromatic heterocycles. The highest BCUT2D eigenvalue weighted by atomic mass is 19.4. The standard InChI is InChI=1S/C25H22F3N5O3/c1-3-30-22(20-12-13-31-33(20)19-10-8-16(15-29)9-11-19)21(24(35)36-4-2)23(34)32-18-7-5-6-17(14-18)25(26,27)28/h5-14,30H,3-4H2,1-2H3,(H,32,34)/b22-21+. The second-order valence-electron chi connectivity index (χ2n) is 7.32. The Kier molecular flexibility index (Phi) is 8.11. The lowest BCUT2D eigenvalue weighted by atomic mass is 10.1. The van der Waals surface area contributed by atoms with E-state index in [1.54, 1.807) is 44.2 Å². The fraction of sp³-hybridized carbons (Fsp3) is 0.200. The first kappa shape index (κ1) is 26.0. The molecule has 2 N–H and O–H groups in total. The fourth-order valence-corrected chi connectivity index (χ4v) is 3.34. The SMILES string of the molecule is CCN/C(=C(\C(=O)Nc1cccc(C(F)(F)F)c1)C(=O)OCC)c1ccnn1-c1ccc(C#N)cc1. The molecule has 0 fully saturated rings. The Bertz CT molecular complexity index is 1320. The molecule has 8 nitrogen and oxygen atoms in total. The van der Waals surface area contributed by atoms with Crippen LogP contribution in [0.25, 0.3) is 11.4 Å². The zero-order valence-electron chi connectivity index (χ0n) is 19.4. The fourth-order valence-electron chi connectivity index (χ4n) is 3.34. The maximum Gasteiger partial charge on any atom is 0.416 e. The number of anilines is 1. The van der Waals surface area contributed by atoms with Crippen LogP contribution in [0.3, 0.4) is 0 Å². The van der Waals surface area contributed by atoms with Gasteiger partial charge in [0, 0.05) is 12.2 Å². The van der Waals surface area contributed by atoms with Crippen molar-refractivity contribution < 1.29 is 27.5 Å². The summed E-state index contributed by atoms with van der Waals surface area (Å²) in [6, 6.07) is 14.1. The predicted octanol–water partition coefficient (Wildman–Crippen LogP) is 4.29. The summed E-state index contributed by atoms with van der Waals surface area (Å²) < 4.78 is 45.9. The molecule has 3 aromatic rings. The van der Waals surface area contributed by atoms with Gasteiger partial charge in [-0.05, 0) is 62.4 Å². The number of hydrogen-bond donors (Lipinski definition) is 2. The van der Waals surface area contributed by atoms with Crippen molar-refractivity contribution in [1.82, 2.24) is 15.1 Å². The lowest BCUT2D eigenvalue weighted by Crippen LogP contribution is -2.28. The van der Waals surface area contributed by atoms with Crippen molar-refractivity contribution in [3.8, 4) is 11.8 Å². The maximum atomic E-state index is 13.3. The molecular formula is C25H22F3N5O3. The second-order valence-corrected chi connectivity index (χ2v) is 7.32. The molecule has 0 atom stereocenters. The number of alkyl halides is 3. The highest BCUT2D eigenvalue weighted by molar-refractivity contribution is 6.25. The number of nitrogens with zero attached hydrogens (tertiary/aromatic N) is 3. The highest BCUT2D eigenvalue weighted by Gasteiger charge is 2.31. The van der Waals surface area contributed by atoms with E-state index in [9.17, 15) is 22.8 Å². The summed E-state index contributed by atoms with van der Waals surface area (Å²) in [6.45, 7) is 3.57. The Hall–Kier alpha value is -4.59. The van der Waals surface area contributed by atoms with Crippen LogP contribution in [0.4, 0.5) is 18.9 Å². The van der Waals surface area contributed by atoms with E-state index in [0.717, 1.165) is 18.2 Å². The van der Waals surface area contributed by atoms with E-state index >= 15 is 0 Å². The summed E-state index contributed by atoms with van der Waals surface area (Å²) in [5, 5.41) is 18.7. The molecule has 0 saturated carbocycles. The molecule has 0 aliphatic rings. The summed E-state index contributed by atoms with van der Waals surface area (Å²) in [7, 11) is 0. The van der Waals surface area contributed by atoms with Crippen molar-refractivity contribution in [2.45, 2.75) is 20.0 Å². The number of ether oxygens (including phenoxy) is 1. The van der Waals surface area contributed by atoms with Gasteiger partial charge >= 0.3 is 12.1 Å². The van der Waals surface area contributed by atoms with Gasteiger partial charge in [0.2, 0.25) is 0 Å². The minimum Gasteiger partial charge on any atom is -0.462 e. The maximum absolute atomic E-state index is 13.3.